The zero-order valence-electron chi connectivity index (χ0n) is 9.62. The minimum Gasteiger partial charge on any atom is -0.475 e. The molecule has 1 atom stereocenters. The molecule has 1 fully saturated rings. The van der Waals surface area contributed by atoms with Crippen LogP contribution in [0.1, 0.15) is 37.7 Å². The minimum atomic E-state index is -0.488. The van der Waals surface area contributed by atoms with Gasteiger partial charge in [-0.2, -0.15) is 0 Å². The van der Waals surface area contributed by atoms with Crippen LogP contribution in [0.5, 0.6) is 5.88 Å². The number of H-pyrrole nitrogens is 2. The van der Waals surface area contributed by atoms with E-state index in [1.165, 1.54) is 32.1 Å². The van der Waals surface area contributed by atoms with Crippen LogP contribution in [0.15, 0.2) is 9.59 Å². The van der Waals surface area contributed by atoms with E-state index in [0.29, 0.717) is 23.8 Å². The zero-order chi connectivity index (χ0) is 11.8. The number of hydrogen-bond donors (Lipinski definition) is 2. The van der Waals surface area contributed by atoms with Gasteiger partial charge in [-0.15, -0.1) is 0 Å². The van der Waals surface area contributed by atoms with Gasteiger partial charge in [-0.25, -0.2) is 4.79 Å². The maximum atomic E-state index is 11.6. The van der Waals surface area contributed by atoms with Crippen LogP contribution in [0.2, 0.25) is 0 Å². The highest BCUT2D eigenvalue weighted by molar-refractivity contribution is 5.28. The highest BCUT2D eigenvalue weighted by Gasteiger charge is 2.33. The predicted octanol–water partition coefficient (Wildman–Crippen LogP) is 0.947. The van der Waals surface area contributed by atoms with Crippen molar-refractivity contribution in [2.75, 3.05) is 0 Å². The predicted molar refractivity (Wildman–Crippen MR) is 62.4 cm³/mol. The van der Waals surface area contributed by atoms with Crippen LogP contribution in [0.3, 0.4) is 0 Å². The Morgan fingerprint density at radius 1 is 1.06 bits per heavy atom. The fourth-order valence-corrected chi connectivity index (χ4v) is 2.94. The number of aromatic nitrogens is 2. The fourth-order valence-electron chi connectivity index (χ4n) is 2.94. The molecule has 0 unspecified atom stereocenters. The fraction of sp³-hybridized carbons (Fsp3) is 0.667. The van der Waals surface area contributed by atoms with E-state index in [-0.39, 0.29) is 11.7 Å². The molecule has 0 aromatic carbocycles. The Morgan fingerprint density at radius 3 is 2.59 bits per heavy atom. The molecule has 2 heterocycles. The minimum absolute atomic E-state index is 0.0736. The number of nitrogens with one attached hydrogen (secondary N) is 2. The molecule has 2 aliphatic rings. The van der Waals surface area contributed by atoms with Gasteiger partial charge in [-0.1, -0.05) is 19.3 Å². The summed E-state index contributed by atoms with van der Waals surface area (Å²) in [6, 6.07) is 0. The second-order valence-corrected chi connectivity index (χ2v) is 4.97. The van der Waals surface area contributed by atoms with Crippen LogP contribution in [0.25, 0.3) is 0 Å². The smallest absolute Gasteiger partial charge is 0.328 e. The van der Waals surface area contributed by atoms with E-state index < -0.39 is 5.69 Å². The van der Waals surface area contributed by atoms with Gasteiger partial charge >= 0.3 is 5.69 Å². The van der Waals surface area contributed by atoms with Crippen molar-refractivity contribution in [3.63, 3.8) is 0 Å². The first-order valence-corrected chi connectivity index (χ1v) is 6.26. The van der Waals surface area contributed by atoms with Crippen molar-refractivity contribution in [1.82, 2.24) is 9.97 Å². The standard InChI is InChI=1S/C12H16N2O3/c15-10-8-6-9(7-4-2-1-3-5-7)17-11(8)14-12(16)13-10/h7,9H,1-6H2,(H2,13,14,15,16)/t9-/m0/s1. The third kappa shape index (κ3) is 1.90. The molecule has 0 radical (unpaired) electrons. The maximum absolute atomic E-state index is 11.6. The lowest BCUT2D eigenvalue weighted by Gasteiger charge is -2.26. The first kappa shape index (κ1) is 10.6. The van der Waals surface area contributed by atoms with Gasteiger partial charge in [0.1, 0.15) is 6.10 Å². The van der Waals surface area contributed by atoms with Crippen LogP contribution in [0, 0.1) is 5.92 Å². The van der Waals surface area contributed by atoms with Crippen LogP contribution in [-0.4, -0.2) is 16.1 Å². The lowest BCUT2D eigenvalue weighted by molar-refractivity contribution is 0.124. The summed E-state index contributed by atoms with van der Waals surface area (Å²) in [5, 5.41) is 0. The van der Waals surface area contributed by atoms with Gasteiger partial charge in [-0.3, -0.25) is 14.8 Å². The van der Waals surface area contributed by atoms with Crippen molar-refractivity contribution in [3.8, 4) is 5.88 Å². The first-order chi connectivity index (χ1) is 8.24. The van der Waals surface area contributed by atoms with E-state index >= 15 is 0 Å². The molecule has 0 bridgehead atoms. The molecule has 1 aromatic rings. The lowest BCUT2D eigenvalue weighted by Crippen LogP contribution is -2.27. The molecule has 1 aliphatic heterocycles. The Kier molecular flexibility index (Phi) is 2.53. The molecular weight excluding hydrogens is 220 g/mol. The molecule has 5 nitrogen and oxygen atoms in total. The summed E-state index contributed by atoms with van der Waals surface area (Å²) < 4.78 is 5.73. The van der Waals surface area contributed by atoms with E-state index in [2.05, 4.69) is 9.97 Å². The molecule has 1 saturated carbocycles. The average molecular weight is 236 g/mol. The summed E-state index contributed by atoms with van der Waals surface area (Å²) in [5.74, 6) is 0.911. The molecule has 0 amide bonds. The van der Waals surface area contributed by atoms with E-state index in [1.807, 2.05) is 0 Å². The third-order valence-electron chi connectivity index (χ3n) is 3.85. The van der Waals surface area contributed by atoms with Gasteiger partial charge in [0.25, 0.3) is 5.56 Å². The largest absolute Gasteiger partial charge is 0.475 e. The second-order valence-electron chi connectivity index (χ2n) is 4.97. The molecule has 0 spiro atoms. The molecule has 3 rings (SSSR count). The lowest BCUT2D eigenvalue weighted by atomic mass is 9.84. The van der Waals surface area contributed by atoms with E-state index in [9.17, 15) is 9.59 Å². The molecule has 1 aromatic heterocycles. The Bertz CT molecular complexity index is 525. The molecule has 5 heteroatoms. The average Bonchev–Trinajstić information content (AvgIpc) is 2.74. The summed E-state index contributed by atoms with van der Waals surface area (Å²) in [7, 11) is 0. The van der Waals surface area contributed by atoms with Crippen molar-refractivity contribution >= 4 is 0 Å². The molecule has 0 saturated heterocycles. The van der Waals surface area contributed by atoms with E-state index in [4.69, 9.17) is 4.74 Å². The summed E-state index contributed by atoms with van der Waals surface area (Å²) in [6.45, 7) is 0. The van der Waals surface area contributed by atoms with Gasteiger partial charge in [0.05, 0.1) is 5.56 Å². The zero-order valence-corrected chi connectivity index (χ0v) is 9.62. The van der Waals surface area contributed by atoms with Crippen molar-refractivity contribution in [2.45, 2.75) is 44.6 Å². The van der Waals surface area contributed by atoms with Gasteiger partial charge in [-0.05, 0) is 18.8 Å². The molecular formula is C12H16N2O3. The highest BCUT2D eigenvalue weighted by atomic mass is 16.5. The number of ether oxygens (including phenoxy) is 1. The van der Waals surface area contributed by atoms with E-state index in [0.717, 1.165) is 0 Å². The normalized spacial score (nSPS) is 24.4. The SMILES string of the molecule is O=c1[nH]c2c(c(=O)[nH]1)C[C@@H](C1CCCCC1)O2. The first-order valence-electron chi connectivity index (χ1n) is 6.26. The summed E-state index contributed by atoms with van der Waals surface area (Å²) in [4.78, 5) is 27.6. The molecule has 92 valence electrons. The Morgan fingerprint density at radius 2 is 1.82 bits per heavy atom. The van der Waals surface area contributed by atoms with Gasteiger partial charge in [0.15, 0.2) is 0 Å². The van der Waals surface area contributed by atoms with E-state index in [1.54, 1.807) is 0 Å². The highest BCUT2D eigenvalue weighted by Crippen LogP contribution is 2.34. The summed E-state index contributed by atoms with van der Waals surface area (Å²) >= 11 is 0. The van der Waals surface area contributed by atoms with Crippen molar-refractivity contribution in [2.24, 2.45) is 5.92 Å². The number of rotatable bonds is 1. The Balaban J connectivity index is 1.85. The topological polar surface area (TPSA) is 75.0 Å². The second kappa shape index (κ2) is 4.05. The Labute approximate surface area is 98.2 Å². The van der Waals surface area contributed by atoms with Crippen LogP contribution in [-0.2, 0) is 6.42 Å². The third-order valence-corrected chi connectivity index (χ3v) is 3.85. The number of aromatic amines is 2. The summed E-state index contributed by atoms with van der Waals surface area (Å²) in [6.07, 6.45) is 6.83. The maximum Gasteiger partial charge on any atom is 0.328 e. The van der Waals surface area contributed by atoms with Crippen molar-refractivity contribution < 1.29 is 4.74 Å². The van der Waals surface area contributed by atoms with Crippen LogP contribution in [0.4, 0.5) is 0 Å². The Hall–Kier alpha value is -1.52. The molecule has 17 heavy (non-hydrogen) atoms. The summed E-state index contributed by atoms with van der Waals surface area (Å²) in [5.41, 5.74) is -0.194. The molecule has 1 aliphatic carbocycles. The van der Waals surface area contributed by atoms with Crippen molar-refractivity contribution in [3.05, 3.63) is 26.4 Å². The number of hydrogen-bond acceptors (Lipinski definition) is 3. The monoisotopic (exact) mass is 236 g/mol. The van der Waals surface area contributed by atoms with Gasteiger partial charge in [0, 0.05) is 6.42 Å². The quantitative estimate of drug-likeness (QED) is 0.762. The van der Waals surface area contributed by atoms with Crippen LogP contribution >= 0.6 is 0 Å². The van der Waals surface area contributed by atoms with Gasteiger partial charge < -0.3 is 4.74 Å². The van der Waals surface area contributed by atoms with Crippen LogP contribution < -0.4 is 16.0 Å². The number of fused-ring (bicyclic) bond motifs is 1. The van der Waals surface area contributed by atoms with Crippen molar-refractivity contribution in [1.29, 1.82) is 0 Å². The van der Waals surface area contributed by atoms with Gasteiger partial charge in [0.2, 0.25) is 5.88 Å². The molecule has 2 N–H and O–H groups in total.